The predicted molar refractivity (Wildman–Crippen MR) is 45.3 cm³/mol. The van der Waals surface area contributed by atoms with Gasteiger partial charge in [-0.15, -0.1) is 0 Å². The molecule has 0 unspecified atom stereocenters. The third kappa shape index (κ3) is 2.01. The molecule has 0 bridgehead atoms. The summed E-state index contributed by atoms with van der Waals surface area (Å²) in [5.41, 5.74) is -4.24. The number of halogens is 3. The summed E-state index contributed by atoms with van der Waals surface area (Å²) in [6.45, 7) is 3.32. The zero-order valence-electron chi connectivity index (χ0n) is 8.68. The molecule has 0 aromatic heterocycles. The lowest BCUT2D eigenvalue weighted by molar-refractivity contribution is -0.266. The van der Waals surface area contributed by atoms with Gasteiger partial charge in [0, 0.05) is 6.42 Å². The summed E-state index contributed by atoms with van der Waals surface area (Å²) in [6.07, 6.45) is -6.28. The molecule has 3 nitrogen and oxygen atoms in total. The van der Waals surface area contributed by atoms with E-state index in [1.54, 1.807) is 0 Å². The third-order valence-electron chi connectivity index (χ3n) is 2.61. The van der Waals surface area contributed by atoms with Crippen LogP contribution in [0.25, 0.3) is 0 Å². The molecule has 0 aliphatic carbocycles. The predicted octanol–water partition coefficient (Wildman–Crippen LogP) is 1.44. The van der Waals surface area contributed by atoms with Crippen LogP contribution in [-0.4, -0.2) is 34.4 Å². The zero-order chi connectivity index (χ0) is 12.1. The number of rotatable bonds is 1. The Morgan fingerprint density at radius 1 is 1.47 bits per heavy atom. The Morgan fingerprint density at radius 3 is 2.13 bits per heavy atom. The minimum absolute atomic E-state index is 0.417. The standard InChI is InChI=1S/C9H13F3O3/c1-7(2,14)6-4-5(13)8(3,15-6)9(10,11)12/h6,14H,4H2,1-3H3/t6-,8-/m0/s1. The minimum Gasteiger partial charge on any atom is -0.388 e. The second kappa shape index (κ2) is 3.18. The van der Waals surface area contributed by atoms with Crippen LogP contribution in [0.3, 0.4) is 0 Å². The molecule has 88 valence electrons. The van der Waals surface area contributed by atoms with E-state index in [0.29, 0.717) is 6.92 Å². The van der Waals surface area contributed by atoms with Gasteiger partial charge in [0.15, 0.2) is 5.78 Å². The molecule has 1 fully saturated rings. The molecule has 1 aliphatic heterocycles. The van der Waals surface area contributed by atoms with Crippen LogP contribution in [-0.2, 0) is 9.53 Å². The number of hydrogen-bond acceptors (Lipinski definition) is 3. The van der Waals surface area contributed by atoms with Crippen molar-refractivity contribution in [2.75, 3.05) is 0 Å². The van der Waals surface area contributed by atoms with E-state index in [-0.39, 0.29) is 0 Å². The van der Waals surface area contributed by atoms with Crippen molar-refractivity contribution in [2.24, 2.45) is 0 Å². The maximum atomic E-state index is 12.5. The molecular weight excluding hydrogens is 213 g/mol. The van der Waals surface area contributed by atoms with E-state index in [2.05, 4.69) is 4.74 Å². The fourth-order valence-electron chi connectivity index (χ4n) is 1.37. The van der Waals surface area contributed by atoms with Crippen LogP contribution < -0.4 is 0 Å². The first-order valence-electron chi connectivity index (χ1n) is 4.48. The highest BCUT2D eigenvalue weighted by Crippen LogP contribution is 2.42. The summed E-state index contributed by atoms with van der Waals surface area (Å²) < 4.78 is 42.3. The van der Waals surface area contributed by atoms with Crippen LogP contribution in [0.2, 0.25) is 0 Å². The van der Waals surface area contributed by atoms with Gasteiger partial charge in [-0.3, -0.25) is 4.79 Å². The Bertz CT molecular complexity index is 279. The van der Waals surface area contributed by atoms with Gasteiger partial charge < -0.3 is 9.84 Å². The molecule has 1 aliphatic rings. The minimum atomic E-state index is -4.75. The number of aliphatic hydroxyl groups is 1. The Kier molecular flexibility index (Phi) is 2.64. The summed E-state index contributed by atoms with van der Waals surface area (Å²) in [5.74, 6) is -1.04. The molecule has 0 aromatic rings. The van der Waals surface area contributed by atoms with Gasteiger partial charge in [-0.25, -0.2) is 0 Å². The number of carbonyl (C=O) groups excluding carboxylic acids is 1. The number of Topliss-reactive ketones (excluding diaryl/α,β-unsaturated/α-hetero) is 1. The molecule has 0 spiro atoms. The topological polar surface area (TPSA) is 46.5 Å². The van der Waals surface area contributed by atoms with Crippen LogP contribution in [0.5, 0.6) is 0 Å². The van der Waals surface area contributed by atoms with E-state index in [1.165, 1.54) is 13.8 Å². The van der Waals surface area contributed by atoms with Crippen LogP contribution in [0, 0.1) is 0 Å². The lowest BCUT2D eigenvalue weighted by Crippen LogP contribution is -2.49. The second-order valence-corrected chi connectivity index (χ2v) is 4.42. The lowest BCUT2D eigenvalue weighted by Gasteiger charge is -2.29. The molecule has 6 heteroatoms. The maximum Gasteiger partial charge on any atom is 0.424 e. The summed E-state index contributed by atoms with van der Waals surface area (Å²) >= 11 is 0. The average Bonchev–Trinajstić information content (AvgIpc) is 2.27. The fourth-order valence-corrected chi connectivity index (χ4v) is 1.37. The van der Waals surface area contributed by atoms with Gasteiger partial charge in [-0.2, -0.15) is 13.2 Å². The van der Waals surface area contributed by atoms with E-state index in [0.717, 1.165) is 0 Å². The van der Waals surface area contributed by atoms with E-state index in [4.69, 9.17) is 0 Å². The van der Waals surface area contributed by atoms with Crippen LogP contribution in [0.1, 0.15) is 27.2 Å². The van der Waals surface area contributed by atoms with Crippen LogP contribution in [0.4, 0.5) is 13.2 Å². The highest BCUT2D eigenvalue weighted by molar-refractivity contribution is 5.90. The quantitative estimate of drug-likeness (QED) is 0.735. The van der Waals surface area contributed by atoms with Gasteiger partial charge in [0.2, 0.25) is 5.60 Å². The van der Waals surface area contributed by atoms with E-state index in [9.17, 15) is 23.1 Å². The molecule has 1 rings (SSSR count). The Balaban J connectivity index is 2.95. The van der Waals surface area contributed by atoms with Crippen molar-refractivity contribution in [2.45, 2.75) is 50.7 Å². The summed E-state index contributed by atoms with van der Waals surface area (Å²) in [4.78, 5) is 11.2. The monoisotopic (exact) mass is 226 g/mol. The molecule has 1 heterocycles. The van der Waals surface area contributed by atoms with Crippen molar-refractivity contribution >= 4 is 5.78 Å². The molecule has 0 saturated carbocycles. The van der Waals surface area contributed by atoms with E-state index < -0.39 is 35.7 Å². The highest BCUT2D eigenvalue weighted by Gasteiger charge is 2.63. The summed E-state index contributed by atoms with van der Waals surface area (Å²) in [7, 11) is 0. The molecular formula is C9H13F3O3. The SMILES string of the molecule is CC(C)(O)[C@@H]1CC(=O)[C@@](C)(C(F)(F)F)O1. The third-order valence-corrected chi connectivity index (χ3v) is 2.61. The van der Waals surface area contributed by atoms with Gasteiger partial charge in [-0.1, -0.05) is 0 Å². The summed E-state index contributed by atoms with van der Waals surface area (Å²) in [6, 6.07) is 0. The van der Waals surface area contributed by atoms with Gasteiger partial charge in [-0.05, 0) is 20.8 Å². The molecule has 0 amide bonds. The number of ketones is 1. The second-order valence-electron chi connectivity index (χ2n) is 4.42. The molecule has 15 heavy (non-hydrogen) atoms. The van der Waals surface area contributed by atoms with Crippen molar-refractivity contribution in [3.05, 3.63) is 0 Å². The largest absolute Gasteiger partial charge is 0.424 e. The normalized spacial score (nSPS) is 33.5. The number of ether oxygens (including phenoxy) is 1. The molecule has 1 saturated heterocycles. The van der Waals surface area contributed by atoms with Gasteiger partial charge in [0.25, 0.3) is 0 Å². The lowest BCUT2D eigenvalue weighted by atomic mass is 9.95. The molecule has 1 N–H and O–H groups in total. The molecule has 2 atom stereocenters. The first-order valence-corrected chi connectivity index (χ1v) is 4.48. The zero-order valence-corrected chi connectivity index (χ0v) is 8.68. The van der Waals surface area contributed by atoms with E-state index >= 15 is 0 Å². The van der Waals surface area contributed by atoms with Crippen LogP contribution in [0.15, 0.2) is 0 Å². The van der Waals surface area contributed by atoms with Crippen molar-refractivity contribution in [1.82, 2.24) is 0 Å². The van der Waals surface area contributed by atoms with Crippen LogP contribution >= 0.6 is 0 Å². The first kappa shape index (κ1) is 12.4. The Morgan fingerprint density at radius 2 is 1.93 bits per heavy atom. The highest BCUT2D eigenvalue weighted by atomic mass is 19.4. The maximum absolute atomic E-state index is 12.5. The van der Waals surface area contributed by atoms with Crippen molar-refractivity contribution in [3.8, 4) is 0 Å². The fraction of sp³-hybridized carbons (Fsp3) is 0.889. The average molecular weight is 226 g/mol. The summed E-state index contributed by atoms with van der Waals surface area (Å²) in [5, 5.41) is 9.49. The first-order chi connectivity index (χ1) is 6.48. The Labute approximate surface area is 85.2 Å². The van der Waals surface area contributed by atoms with Crippen molar-refractivity contribution in [3.63, 3.8) is 0 Å². The van der Waals surface area contributed by atoms with Gasteiger partial charge in [0.1, 0.15) is 0 Å². The number of alkyl halides is 3. The van der Waals surface area contributed by atoms with E-state index in [1.807, 2.05) is 0 Å². The van der Waals surface area contributed by atoms with Crippen molar-refractivity contribution < 1.29 is 27.8 Å². The van der Waals surface area contributed by atoms with Crippen molar-refractivity contribution in [1.29, 1.82) is 0 Å². The van der Waals surface area contributed by atoms with Gasteiger partial charge in [0.05, 0.1) is 11.7 Å². The Hall–Kier alpha value is -0.620. The van der Waals surface area contributed by atoms with Gasteiger partial charge >= 0.3 is 6.18 Å². The molecule has 0 radical (unpaired) electrons. The number of carbonyl (C=O) groups is 1. The molecule has 0 aromatic carbocycles. The smallest absolute Gasteiger partial charge is 0.388 e. The number of hydrogen-bond donors (Lipinski definition) is 1.